The molecule has 2 amide bonds. The molecular weight excluding hydrogens is 579 g/mol. The van der Waals surface area contributed by atoms with E-state index >= 15 is 0 Å². The molecule has 0 unspecified atom stereocenters. The fourth-order valence-corrected chi connectivity index (χ4v) is 5.56. The number of anilines is 1. The molecule has 0 aliphatic heterocycles. The number of sulfonamides is 1. The predicted octanol–water partition coefficient (Wildman–Crippen LogP) is 5.04. The van der Waals surface area contributed by atoms with Crippen LogP contribution in [0.4, 0.5) is 11.4 Å². The van der Waals surface area contributed by atoms with E-state index in [1.165, 1.54) is 29.2 Å². The Kier molecular flexibility index (Phi) is 10.5. The minimum atomic E-state index is -4.28. The van der Waals surface area contributed by atoms with Crippen LogP contribution < -0.4 is 9.62 Å². The molecule has 1 N–H and O–H groups in total. The van der Waals surface area contributed by atoms with Crippen LogP contribution in [0.15, 0.2) is 77.7 Å². The van der Waals surface area contributed by atoms with Crippen molar-refractivity contribution in [1.82, 2.24) is 10.2 Å². The Hall–Kier alpha value is -3.67. The molecule has 212 valence electrons. The van der Waals surface area contributed by atoms with Crippen LogP contribution in [0.1, 0.15) is 25.8 Å². The fourth-order valence-electron chi connectivity index (χ4n) is 3.80. The maximum atomic E-state index is 13.8. The first kappa shape index (κ1) is 30.9. The number of hydrogen-bond donors (Lipinski definition) is 1. The Balaban J connectivity index is 2.04. The number of nitro benzene ring substituents is 1. The minimum Gasteiger partial charge on any atom is -0.354 e. The number of nitro groups is 1. The van der Waals surface area contributed by atoms with E-state index in [0.29, 0.717) is 23.6 Å². The largest absolute Gasteiger partial charge is 0.354 e. The van der Waals surface area contributed by atoms with Crippen molar-refractivity contribution in [3.8, 4) is 0 Å². The Morgan fingerprint density at radius 3 is 2.23 bits per heavy atom. The van der Waals surface area contributed by atoms with Gasteiger partial charge in [0.05, 0.1) is 25.6 Å². The van der Waals surface area contributed by atoms with E-state index < -0.39 is 39.3 Å². The lowest BCUT2D eigenvalue weighted by atomic mass is 10.1. The molecular formula is C27H28Cl2N4O6S. The molecule has 0 spiro atoms. The van der Waals surface area contributed by atoms with Gasteiger partial charge in [-0.05, 0) is 55.3 Å². The van der Waals surface area contributed by atoms with Gasteiger partial charge in [-0.2, -0.15) is 0 Å². The summed E-state index contributed by atoms with van der Waals surface area (Å²) in [6.45, 7) is 3.09. The molecule has 3 aromatic rings. The average Bonchev–Trinajstić information content (AvgIpc) is 2.95. The molecule has 0 fully saturated rings. The summed E-state index contributed by atoms with van der Waals surface area (Å²) >= 11 is 12.2. The minimum absolute atomic E-state index is 0.0420. The maximum Gasteiger partial charge on any atom is 0.269 e. The van der Waals surface area contributed by atoms with Crippen molar-refractivity contribution in [3.05, 3.63) is 98.5 Å². The molecule has 0 aliphatic rings. The van der Waals surface area contributed by atoms with Crippen LogP contribution in [0, 0.1) is 10.1 Å². The van der Waals surface area contributed by atoms with Crippen molar-refractivity contribution in [2.45, 2.75) is 37.8 Å². The zero-order chi connectivity index (χ0) is 29.4. The molecule has 0 saturated carbocycles. The number of nitrogens with one attached hydrogen (secondary N) is 1. The Morgan fingerprint density at radius 2 is 1.65 bits per heavy atom. The second kappa shape index (κ2) is 13.6. The van der Waals surface area contributed by atoms with Crippen LogP contribution >= 0.6 is 23.2 Å². The standard InChI is InChI=1S/C27H28Cl2N4O6S/c1-3-15-30-27(35)19(2)31(17-20-9-14-24(28)25(29)16-20)26(34)18-32(21-10-12-22(13-11-21)33(36)37)40(38,39)23-7-5-4-6-8-23/h4-14,16,19H,3,15,17-18H2,1-2H3,(H,30,35)/t19-/m0/s1. The molecule has 0 aromatic heterocycles. The number of hydrogen-bond acceptors (Lipinski definition) is 6. The molecule has 13 heteroatoms. The molecule has 40 heavy (non-hydrogen) atoms. The van der Waals surface area contributed by atoms with Crippen molar-refractivity contribution in [2.75, 3.05) is 17.4 Å². The average molecular weight is 608 g/mol. The number of non-ortho nitro benzene ring substituents is 1. The first-order chi connectivity index (χ1) is 18.9. The molecule has 0 radical (unpaired) electrons. The van der Waals surface area contributed by atoms with Crippen LogP contribution in [-0.2, 0) is 26.2 Å². The van der Waals surface area contributed by atoms with E-state index in [1.807, 2.05) is 6.92 Å². The van der Waals surface area contributed by atoms with Crippen molar-refractivity contribution in [3.63, 3.8) is 0 Å². The summed E-state index contributed by atoms with van der Waals surface area (Å²) in [6.07, 6.45) is 0.683. The van der Waals surface area contributed by atoms with Crippen molar-refractivity contribution in [2.24, 2.45) is 0 Å². The van der Waals surface area contributed by atoms with Crippen LogP contribution in [0.5, 0.6) is 0 Å². The highest BCUT2D eigenvalue weighted by molar-refractivity contribution is 7.92. The number of halogens is 2. The fraction of sp³-hybridized carbons (Fsp3) is 0.259. The summed E-state index contributed by atoms with van der Waals surface area (Å²) in [4.78, 5) is 38.4. The summed E-state index contributed by atoms with van der Waals surface area (Å²) < 4.78 is 28.3. The first-order valence-electron chi connectivity index (χ1n) is 12.3. The topological polar surface area (TPSA) is 130 Å². The summed E-state index contributed by atoms with van der Waals surface area (Å²) in [7, 11) is -4.28. The van der Waals surface area contributed by atoms with E-state index in [-0.39, 0.29) is 27.8 Å². The summed E-state index contributed by atoms with van der Waals surface area (Å²) in [5.41, 5.74) is 0.376. The van der Waals surface area contributed by atoms with Crippen LogP contribution in [-0.4, -0.2) is 49.2 Å². The zero-order valence-corrected chi connectivity index (χ0v) is 24.1. The number of rotatable bonds is 12. The SMILES string of the molecule is CCCNC(=O)[C@H](C)N(Cc1ccc(Cl)c(Cl)c1)C(=O)CN(c1ccc([N+](=O)[O-])cc1)S(=O)(=O)c1ccccc1. The van der Waals surface area contributed by atoms with Gasteiger partial charge in [0.15, 0.2) is 0 Å². The molecule has 3 rings (SSSR count). The van der Waals surface area contributed by atoms with Gasteiger partial charge in [-0.1, -0.05) is 54.4 Å². The van der Waals surface area contributed by atoms with E-state index in [4.69, 9.17) is 23.2 Å². The molecule has 0 heterocycles. The number of amides is 2. The second-order valence-electron chi connectivity index (χ2n) is 8.84. The van der Waals surface area contributed by atoms with Gasteiger partial charge in [-0.15, -0.1) is 0 Å². The van der Waals surface area contributed by atoms with E-state index in [9.17, 15) is 28.1 Å². The Bertz CT molecular complexity index is 1470. The van der Waals surface area contributed by atoms with E-state index in [0.717, 1.165) is 16.4 Å². The van der Waals surface area contributed by atoms with E-state index in [2.05, 4.69) is 5.32 Å². The summed E-state index contributed by atoms with van der Waals surface area (Å²) in [5.74, 6) is -1.09. The number of benzene rings is 3. The zero-order valence-electron chi connectivity index (χ0n) is 21.8. The monoisotopic (exact) mass is 606 g/mol. The smallest absolute Gasteiger partial charge is 0.269 e. The van der Waals surface area contributed by atoms with Crippen LogP contribution in [0.3, 0.4) is 0 Å². The normalized spacial score (nSPS) is 11.9. The Labute approximate surface area is 242 Å². The molecule has 0 saturated heterocycles. The quantitative estimate of drug-likeness (QED) is 0.227. The second-order valence-corrected chi connectivity index (χ2v) is 11.5. The van der Waals surface area contributed by atoms with Crippen molar-refractivity contribution in [1.29, 1.82) is 0 Å². The molecule has 0 bridgehead atoms. The van der Waals surface area contributed by atoms with Gasteiger partial charge in [0.1, 0.15) is 12.6 Å². The highest BCUT2D eigenvalue weighted by Gasteiger charge is 2.32. The maximum absolute atomic E-state index is 13.8. The lowest BCUT2D eigenvalue weighted by Crippen LogP contribution is -2.51. The number of carbonyl (C=O) groups is 2. The van der Waals surface area contributed by atoms with Crippen molar-refractivity contribution >= 4 is 56.4 Å². The van der Waals surface area contributed by atoms with Gasteiger partial charge in [0.25, 0.3) is 15.7 Å². The number of carbonyl (C=O) groups excluding carboxylic acids is 2. The predicted molar refractivity (Wildman–Crippen MR) is 154 cm³/mol. The third kappa shape index (κ3) is 7.50. The van der Waals surface area contributed by atoms with Crippen LogP contribution in [0.2, 0.25) is 10.0 Å². The van der Waals surface area contributed by atoms with Gasteiger partial charge in [-0.25, -0.2) is 8.42 Å². The van der Waals surface area contributed by atoms with Gasteiger partial charge in [0, 0.05) is 25.2 Å². The van der Waals surface area contributed by atoms with E-state index in [1.54, 1.807) is 43.3 Å². The van der Waals surface area contributed by atoms with Gasteiger partial charge in [-0.3, -0.25) is 24.0 Å². The molecule has 1 atom stereocenters. The lowest BCUT2D eigenvalue weighted by molar-refractivity contribution is -0.384. The van der Waals surface area contributed by atoms with Gasteiger partial charge >= 0.3 is 0 Å². The third-order valence-electron chi connectivity index (χ3n) is 6.01. The highest BCUT2D eigenvalue weighted by atomic mass is 35.5. The third-order valence-corrected chi connectivity index (χ3v) is 8.54. The van der Waals surface area contributed by atoms with Gasteiger partial charge < -0.3 is 10.2 Å². The first-order valence-corrected chi connectivity index (χ1v) is 14.5. The molecule has 0 aliphatic carbocycles. The molecule has 3 aromatic carbocycles. The highest BCUT2D eigenvalue weighted by Crippen LogP contribution is 2.27. The van der Waals surface area contributed by atoms with Crippen molar-refractivity contribution < 1.29 is 22.9 Å². The van der Waals surface area contributed by atoms with Crippen LogP contribution in [0.25, 0.3) is 0 Å². The molecule has 10 nitrogen and oxygen atoms in total. The van der Waals surface area contributed by atoms with Gasteiger partial charge in [0.2, 0.25) is 11.8 Å². The summed E-state index contributed by atoms with van der Waals surface area (Å²) in [6, 6.07) is 16.1. The number of nitrogens with zero attached hydrogens (tertiary/aromatic N) is 3. The Morgan fingerprint density at radius 1 is 1.00 bits per heavy atom. The summed E-state index contributed by atoms with van der Waals surface area (Å²) in [5, 5.41) is 14.5. The lowest BCUT2D eigenvalue weighted by Gasteiger charge is -2.32.